The summed E-state index contributed by atoms with van der Waals surface area (Å²) < 4.78 is 8.99. The first kappa shape index (κ1) is 11.8. The lowest BCUT2D eigenvalue weighted by molar-refractivity contribution is 0.352. The van der Waals surface area contributed by atoms with Crippen molar-refractivity contribution in [3.05, 3.63) is 51.8 Å². The molecule has 3 rings (SSSR count). The third-order valence-electron chi connectivity index (χ3n) is 3.23. The van der Waals surface area contributed by atoms with E-state index in [4.69, 9.17) is 10.5 Å². The van der Waals surface area contributed by atoms with Gasteiger partial charge in [0.15, 0.2) is 0 Å². The quantitative estimate of drug-likeness (QED) is 0.947. The second kappa shape index (κ2) is 4.78. The Balaban J connectivity index is 1.92. The number of nitrogens with two attached hydrogens (primary N) is 1. The lowest BCUT2D eigenvalue weighted by Gasteiger charge is -2.10. The maximum absolute atomic E-state index is 5.73. The van der Waals surface area contributed by atoms with E-state index in [-0.39, 0.29) is 0 Å². The van der Waals surface area contributed by atoms with Gasteiger partial charge in [-0.2, -0.15) is 0 Å². The maximum atomic E-state index is 5.73. The Hall–Kier alpha value is -1.26. The number of rotatable bonds is 3. The largest absolute Gasteiger partial charge is 0.493 e. The number of benzene rings is 1. The number of ether oxygens (including phenoxy) is 1. The van der Waals surface area contributed by atoms with Gasteiger partial charge in [-0.1, -0.05) is 15.9 Å². The standard InChI is InChI=1S/C14H15BrN2O/c15-13-5-11-2-4-18-14(11)12(6-13)9-17-3-1-10(7-16)8-17/h1,3,5-6,8H,2,4,7,9,16H2. The summed E-state index contributed by atoms with van der Waals surface area (Å²) >= 11 is 3.56. The minimum atomic E-state index is 0.583. The van der Waals surface area contributed by atoms with Gasteiger partial charge in [0.1, 0.15) is 5.75 Å². The molecule has 1 aromatic heterocycles. The van der Waals surface area contributed by atoms with Crippen molar-refractivity contribution >= 4 is 15.9 Å². The van der Waals surface area contributed by atoms with Gasteiger partial charge in [0.05, 0.1) is 13.2 Å². The Morgan fingerprint density at radius 1 is 1.39 bits per heavy atom. The summed E-state index contributed by atoms with van der Waals surface area (Å²) in [6, 6.07) is 6.33. The number of aromatic nitrogens is 1. The van der Waals surface area contributed by atoms with Crippen LogP contribution in [0, 0.1) is 0 Å². The summed E-state index contributed by atoms with van der Waals surface area (Å²) in [5.74, 6) is 1.06. The lowest BCUT2D eigenvalue weighted by Crippen LogP contribution is -2.00. The van der Waals surface area contributed by atoms with E-state index in [1.54, 1.807) is 0 Å². The topological polar surface area (TPSA) is 40.2 Å². The Labute approximate surface area is 115 Å². The molecule has 0 unspecified atom stereocenters. The van der Waals surface area contributed by atoms with Crippen LogP contribution in [-0.4, -0.2) is 11.2 Å². The van der Waals surface area contributed by atoms with Gasteiger partial charge in [-0.3, -0.25) is 0 Å². The summed E-state index contributed by atoms with van der Waals surface area (Å²) in [6.07, 6.45) is 5.15. The van der Waals surface area contributed by atoms with Crippen molar-refractivity contribution < 1.29 is 4.74 Å². The highest BCUT2D eigenvalue weighted by molar-refractivity contribution is 9.10. The van der Waals surface area contributed by atoms with Crippen molar-refractivity contribution in [1.82, 2.24) is 4.57 Å². The van der Waals surface area contributed by atoms with Crippen LogP contribution in [0.25, 0.3) is 0 Å². The van der Waals surface area contributed by atoms with E-state index in [2.05, 4.69) is 51.1 Å². The molecule has 2 heterocycles. The molecule has 2 aromatic rings. The minimum Gasteiger partial charge on any atom is -0.493 e. The molecule has 0 saturated carbocycles. The predicted octanol–water partition coefficient (Wildman–Crippen LogP) is 2.69. The van der Waals surface area contributed by atoms with Crippen LogP contribution in [0.15, 0.2) is 35.1 Å². The first-order chi connectivity index (χ1) is 8.76. The fourth-order valence-corrected chi connectivity index (χ4v) is 2.92. The van der Waals surface area contributed by atoms with Crippen LogP contribution in [0.2, 0.25) is 0 Å². The van der Waals surface area contributed by atoms with Crippen LogP contribution in [0.5, 0.6) is 5.75 Å². The zero-order valence-corrected chi connectivity index (χ0v) is 11.6. The van der Waals surface area contributed by atoms with Gasteiger partial charge >= 0.3 is 0 Å². The van der Waals surface area contributed by atoms with Crippen LogP contribution in [0.1, 0.15) is 16.7 Å². The second-order valence-corrected chi connectivity index (χ2v) is 5.46. The Kier molecular flexibility index (Phi) is 3.14. The highest BCUT2D eigenvalue weighted by Crippen LogP contribution is 2.33. The SMILES string of the molecule is NCc1ccn(Cc2cc(Br)cc3c2OCC3)c1. The van der Waals surface area contributed by atoms with Crippen molar-refractivity contribution in [2.24, 2.45) is 5.73 Å². The molecule has 0 spiro atoms. The molecule has 4 heteroatoms. The van der Waals surface area contributed by atoms with Crippen LogP contribution in [0.3, 0.4) is 0 Å². The Morgan fingerprint density at radius 3 is 3.06 bits per heavy atom. The molecule has 1 aliphatic heterocycles. The smallest absolute Gasteiger partial charge is 0.127 e. The summed E-state index contributed by atoms with van der Waals surface area (Å²) in [4.78, 5) is 0. The van der Waals surface area contributed by atoms with Gasteiger partial charge in [0.2, 0.25) is 0 Å². The summed E-state index contributed by atoms with van der Waals surface area (Å²) in [5, 5.41) is 0. The Morgan fingerprint density at radius 2 is 2.28 bits per heavy atom. The summed E-state index contributed by atoms with van der Waals surface area (Å²) in [5.41, 5.74) is 9.30. The molecule has 0 amide bonds. The summed E-state index contributed by atoms with van der Waals surface area (Å²) in [6.45, 7) is 2.19. The van der Waals surface area contributed by atoms with E-state index in [0.717, 1.165) is 35.4 Å². The highest BCUT2D eigenvalue weighted by Gasteiger charge is 2.17. The van der Waals surface area contributed by atoms with E-state index in [1.807, 2.05) is 0 Å². The van der Waals surface area contributed by atoms with Gasteiger partial charge in [0.25, 0.3) is 0 Å². The highest BCUT2D eigenvalue weighted by atomic mass is 79.9. The number of hydrogen-bond acceptors (Lipinski definition) is 2. The maximum Gasteiger partial charge on any atom is 0.127 e. The fourth-order valence-electron chi connectivity index (χ4n) is 2.37. The number of fused-ring (bicyclic) bond motifs is 1. The van der Waals surface area contributed by atoms with E-state index in [9.17, 15) is 0 Å². The molecule has 18 heavy (non-hydrogen) atoms. The van der Waals surface area contributed by atoms with E-state index in [0.29, 0.717) is 6.54 Å². The zero-order valence-electron chi connectivity index (χ0n) is 10.0. The Bertz CT molecular complexity index is 577. The van der Waals surface area contributed by atoms with Gasteiger partial charge in [-0.05, 0) is 29.3 Å². The molecule has 0 saturated heterocycles. The zero-order chi connectivity index (χ0) is 12.5. The van der Waals surface area contributed by atoms with E-state index < -0.39 is 0 Å². The molecule has 1 aromatic carbocycles. The third-order valence-corrected chi connectivity index (χ3v) is 3.68. The molecule has 0 fully saturated rings. The first-order valence-electron chi connectivity index (χ1n) is 6.05. The molecular formula is C14H15BrN2O. The third kappa shape index (κ3) is 2.18. The number of halogens is 1. The summed E-state index contributed by atoms with van der Waals surface area (Å²) in [7, 11) is 0. The molecule has 0 atom stereocenters. The molecule has 3 nitrogen and oxygen atoms in total. The van der Waals surface area contributed by atoms with Gasteiger partial charge in [-0.15, -0.1) is 0 Å². The van der Waals surface area contributed by atoms with Crippen LogP contribution in [-0.2, 0) is 19.5 Å². The molecule has 0 aliphatic carbocycles. The number of hydrogen-bond donors (Lipinski definition) is 1. The second-order valence-electron chi connectivity index (χ2n) is 4.55. The van der Waals surface area contributed by atoms with Crippen molar-refractivity contribution in [2.75, 3.05) is 6.61 Å². The van der Waals surface area contributed by atoms with Gasteiger partial charge < -0.3 is 15.0 Å². The van der Waals surface area contributed by atoms with Crippen molar-refractivity contribution in [1.29, 1.82) is 0 Å². The molecule has 1 aliphatic rings. The molecular weight excluding hydrogens is 292 g/mol. The minimum absolute atomic E-state index is 0.583. The van der Waals surface area contributed by atoms with E-state index >= 15 is 0 Å². The van der Waals surface area contributed by atoms with Crippen molar-refractivity contribution in [2.45, 2.75) is 19.5 Å². The number of nitrogens with zero attached hydrogens (tertiary/aromatic N) is 1. The van der Waals surface area contributed by atoms with Gasteiger partial charge in [0, 0.05) is 35.4 Å². The van der Waals surface area contributed by atoms with Crippen molar-refractivity contribution in [3.63, 3.8) is 0 Å². The molecule has 0 radical (unpaired) electrons. The van der Waals surface area contributed by atoms with E-state index in [1.165, 1.54) is 11.1 Å². The average molecular weight is 307 g/mol. The molecule has 2 N–H and O–H groups in total. The van der Waals surface area contributed by atoms with Gasteiger partial charge in [-0.25, -0.2) is 0 Å². The lowest BCUT2D eigenvalue weighted by atomic mass is 10.1. The van der Waals surface area contributed by atoms with Crippen molar-refractivity contribution in [3.8, 4) is 5.75 Å². The fraction of sp³-hybridized carbons (Fsp3) is 0.286. The average Bonchev–Trinajstić information content (AvgIpc) is 2.97. The molecule has 94 valence electrons. The predicted molar refractivity (Wildman–Crippen MR) is 74.8 cm³/mol. The van der Waals surface area contributed by atoms with Crippen LogP contribution < -0.4 is 10.5 Å². The first-order valence-corrected chi connectivity index (χ1v) is 6.84. The monoisotopic (exact) mass is 306 g/mol. The van der Waals surface area contributed by atoms with Crippen LogP contribution >= 0.6 is 15.9 Å². The normalized spacial score (nSPS) is 13.4. The molecule has 0 bridgehead atoms. The van der Waals surface area contributed by atoms with Crippen LogP contribution in [0.4, 0.5) is 0 Å².